The molecule has 9 N–H and O–H groups in total. The number of aliphatic hydroxyl groups is 5. The second-order valence-corrected chi connectivity index (χ2v) is 22.1. The standard InChI is InChI=1S/C21H19ClO2.C17H18N6O3.C16H16N6O4.C9H12N6O3.6CH4/c1-23-19-12-8-17(9-13-19)21(22,16-6-4-3-5-7-16)18-10-14-20(24-2)15-11-18;1-2-12-11(24)8-13(26-12)23-16-14(21-22-23)15(18-9-19-16)20-17(25)10-6-4-3-5-7-10;23-7-11-10(24)6-12(26-11)22-15-13(20-21-22)14(17-8-18-15)19-16(25)9-4-2-1-3-5-9;10-8-7-9(12-3-11-8)15(14-13-7)6-1-4(17)5(2-16)18-6;;;;;;/h3-15H,1-2H3;3-7,9,11-13,24H,2,8H2,1H3,(H,18,19,20,25);1-5,8,10-12,23-24H,6-7H2,(H,17,18,19,25);3-6,16-17H,1-2H2,(H2,10,11,12);6*1H4/t;11-,12+,13+;10-,11+,12+;4-,5+,6+;;;;;;/m.000....../s1. The van der Waals surface area contributed by atoms with Crippen LogP contribution in [0.25, 0.3) is 33.5 Å². The quantitative estimate of drug-likeness (QED) is 0.0350. The monoisotopic (exact) mass is 1400 g/mol. The van der Waals surface area contributed by atoms with Crippen molar-refractivity contribution >= 4 is 74.4 Å². The number of carbonyl (C=O) groups is 2. The normalized spacial score (nSPS) is 19.5. The molecule has 0 aliphatic carbocycles. The van der Waals surface area contributed by atoms with E-state index < -0.39 is 54.1 Å². The number of halogens is 1. The zero-order valence-electron chi connectivity index (χ0n) is 50.7. The van der Waals surface area contributed by atoms with Crippen molar-refractivity contribution in [2.75, 3.05) is 43.8 Å². The van der Waals surface area contributed by atoms with Gasteiger partial charge in [0, 0.05) is 30.4 Å². The second-order valence-electron chi connectivity index (χ2n) is 21.5. The minimum absolute atomic E-state index is 0. The van der Waals surface area contributed by atoms with Gasteiger partial charge in [-0.3, -0.25) is 9.59 Å². The molecular formula is C69H89ClN18O12. The summed E-state index contributed by atoms with van der Waals surface area (Å²) in [6, 6.07) is 43.4. The van der Waals surface area contributed by atoms with Gasteiger partial charge < -0.3 is 65.6 Å². The molecule has 5 aromatic carbocycles. The molecule has 31 heteroatoms. The molecule has 0 unspecified atom stereocenters. The Hall–Kier alpha value is -10.2. The molecule has 2 amide bonds. The van der Waals surface area contributed by atoms with Gasteiger partial charge in [-0.05, 0) is 71.6 Å². The SMILES string of the molecule is C.C.C.C.C.C.CC[C@H]1O[C@@H](n2nnc3c(NC(=O)c4ccccc4)ncnc32)C[C@@H]1O.COc1ccc(C(Cl)(c2ccccc2)c2ccc(OC)cc2)cc1.Nc1ncnc2c1nnn2[C@H]1C[C@H](O)[C@@H](CO)O1.O=C(Nc1ncnc2c1nnn2[C@H]1C[C@H](O)[C@@H](CO)O1)c1ccccc1. The van der Waals surface area contributed by atoms with Gasteiger partial charge in [0.25, 0.3) is 11.8 Å². The third-order valence-corrected chi connectivity index (χ3v) is 16.3. The van der Waals surface area contributed by atoms with E-state index in [1.165, 1.54) is 33.0 Å². The van der Waals surface area contributed by atoms with Gasteiger partial charge in [-0.15, -0.1) is 26.9 Å². The van der Waals surface area contributed by atoms with E-state index in [-0.39, 0.29) is 99.6 Å². The lowest BCUT2D eigenvalue weighted by molar-refractivity contribution is -0.0476. The van der Waals surface area contributed by atoms with Gasteiger partial charge in [-0.2, -0.15) is 14.0 Å². The minimum atomic E-state index is -0.802. The Balaban J connectivity index is 0.000000237. The molecular weight excluding hydrogens is 1310 g/mol. The van der Waals surface area contributed by atoms with Gasteiger partial charge >= 0.3 is 0 Å². The molecule has 3 aliphatic heterocycles. The number of nitrogen functional groups attached to an aromatic ring is 1. The number of aromatic nitrogens is 15. The van der Waals surface area contributed by atoms with Crippen LogP contribution in [-0.2, 0) is 19.1 Å². The third-order valence-electron chi connectivity index (χ3n) is 15.7. The number of fused-ring (bicyclic) bond motifs is 3. The summed E-state index contributed by atoms with van der Waals surface area (Å²) >= 11 is 7.22. The van der Waals surface area contributed by atoms with Crippen molar-refractivity contribution in [2.45, 2.75) is 137 Å². The van der Waals surface area contributed by atoms with E-state index in [0.717, 1.165) is 28.2 Å². The second kappa shape index (κ2) is 36.6. The lowest BCUT2D eigenvalue weighted by Crippen LogP contribution is -2.24. The smallest absolute Gasteiger partial charge is 0.256 e. The molecule has 11 aromatic rings. The van der Waals surface area contributed by atoms with Crippen molar-refractivity contribution in [1.29, 1.82) is 0 Å². The predicted octanol–water partition coefficient (Wildman–Crippen LogP) is 9.14. The summed E-state index contributed by atoms with van der Waals surface area (Å²) in [6.07, 6.45) is 0.409. The molecule has 6 aromatic heterocycles. The van der Waals surface area contributed by atoms with Gasteiger partial charge in [0.15, 0.2) is 69.6 Å². The van der Waals surface area contributed by atoms with Gasteiger partial charge in [0.1, 0.15) is 47.6 Å². The number of methoxy groups -OCH3 is 2. The van der Waals surface area contributed by atoms with E-state index in [9.17, 15) is 30.0 Å². The highest BCUT2D eigenvalue weighted by Crippen LogP contribution is 2.44. The number of amides is 2. The van der Waals surface area contributed by atoms with E-state index in [0.29, 0.717) is 63.9 Å². The molecule has 3 fully saturated rings. The highest BCUT2D eigenvalue weighted by atomic mass is 35.5. The van der Waals surface area contributed by atoms with Crippen LogP contribution in [0.15, 0.2) is 159 Å². The number of rotatable bonds is 15. The van der Waals surface area contributed by atoms with E-state index in [1.54, 1.807) is 62.8 Å². The lowest BCUT2D eigenvalue weighted by atomic mass is 9.84. The summed E-state index contributed by atoms with van der Waals surface area (Å²) in [5, 5.41) is 77.3. The third kappa shape index (κ3) is 17.5. The van der Waals surface area contributed by atoms with Gasteiger partial charge in [-0.1, -0.05) is 158 Å². The number of nitrogens with two attached hydrogens (primary N) is 1. The average molecular weight is 1400 g/mol. The highest BCUT2D eigenvalue weighted by Gasteiger charge is 2.39. The van der Waals surface area contributed by atoms with E-state index >= 15 is 0 Å². The maximum Gasteiger partial charge on any atom is 0.256 e. The van der Waals surface area contributed by atoms with Crippen molar-refractivity contribution in [1.82, 2.24) is 74.9 Å². The number of hydrogen-bond donors (Lipinski definition) is 8. The first-order valence-electron chi connectivity index (χ1n) is 29.6. The number of anilines is 3. The molecule has 9 atom stereocenters. The number of hydrogen-bond acceptors (Lipinski definition) is 25. The Bertz CT molecular complexity index is 4120. The molecule has 100 heavy (non-hydrogen) atoms. The summed E-state index contributed by atoms with van der Waals surface area (Å²) in [7, 11) is 3.31. The summed E-state index contributed by atoms with van der Waals surface area (Å²) in [4.78, 5) is 48.3. The fourth-order valence-electron chi connectivity index (χ4n) is 10.7. The Morgan fingerprint density at radius 1 is 0.500 bits per heavy atom. The van der Waals surface area contributed by atoms with E-state index in [1.807, 2.05) is 97.9 Å². The summed E-state index contributed by atoms with van der Waals surface area (Å²) in [5.41, 5.74) is 12.0. The van der Waals surface area contributed by atoms with Crippen LogP contribution in [0.2, 0.25) is 0 Å². The topological polar surface area (TPSA) is 401 Å². The Morgan fingerprint density at radius 3 is 1.18 bits per heavy atom. The maximum atomic E-state index is 12.4. The van der Waals surface area contributed by atoms with Crippen LogP contribution in [0.3, 0.4) is 0 Å². The molecule has 9 heterocycles. The number of aliphatic hydroxyl groups excluding tert-OH is 5. The minimum Gasteiger partial charge on any atom is -0.497 e. The predicted molar refractivity (Wildman–Crippen MR) is 379 cm³/mol. The van der Waals surface area contributed by atoms with Gasteiger partial charge in [0.05, 0.1) is 51.8 Å². The largest absolute Gasteiger partial charge is 0.497 e. The number of alkyl halides is 1. The first-order chi connectivity index (χ1) is 45.7. The van der Waals surface area contributed by atoms with Crippen molar-refractivity contribution < 1.29 is 58.8 Å². The van der Waals surface area contributed by atoms with Crippen LogP contribution in [0.1, 0.15) is 133 Å². The number of nitrogens with one attached hydrogen (secondary N) is 2. The van der Waals surface area contributed by atoms with Crippen molar-refractivity contribution in [3.8, 4) is 11.5 Å². The van der Waals surface area contributed by atoms with Crippen molar-refractivity contribution in [3.63, 3.8) is 0 Å². The fourth-order valence-corrected chi connectivity index (χ4v) is 11.1. The molecule has 30 nitrogen and oxygen atoms in total. The van der Waals surface area contributed by atoms with Crippen LogP contribution < -0.4 is 25.8 Å². The Kier molecular flexibility index (Phi) is 29.5. The molecule has 14 rings (SSSR count). The van der Waals surface area contributed by atoms with E-state index in [2.05, 4.69) is 71.5 Å². The summed E-state index contributed by atoms with van der Waals surface area (Å²) in [6.45, 7) is 1.41. The zero-order valence-corrected chi connectivity index (χ0v) is 51.5. The van der Waals surface area contributed by atoms with E-state index in [4.69, 9.17) is 46.1 Å². The first-order valence-corrected chi connectivity index (χ1v) is 30.0. The van der Waals surface area contributed by atoms with Crippen LogP contribution in [0.5, 0.6) is 11.5 Å². The molecule has 3 saturated heterocycles. The first kappa shape index (κ1) is 80.5. The summed E-state index contributed by atoms with van der Waals surface area (Å²) in [5.74, 6) is 1.74. The Morgan fingerprint density at radius 2 is 0.830 bits per heavy atom. The van der Waals surface area contributed by atoms with Crippen molar-refractivity contribution in [3.05, 3.63) is 186 Å². The highest BCUT2D eigenvalue weighted by molar-refractivity contribution is 6.28. The number of benzene rings is 5. The van der Waals surface area contributed by atoms with Crippen LogP contribution in [0.4, 0.5) is 17.5 Å². The van der Waals surface area contributed by atoms with Crippen LogP contribution >= 0.6 is 11.6 Å². The van der Waals surface area contributed by atoms with Gasteiger partial charge in [-0.25, -0.2) is 29.9 Å². The van der Waals surface area contributed by atoms with Gasteiger partial charge in [0.2, 0.25) is 0 Å². The Labute approximate surface area is 584 Å². The van der Waals surface area contributed by atoms with Crippen LogP contribution in [0, 0.1) is 0 Å². The molecule has 0 bridgehead atoms. The lowest BCUT2D eigenvalue weighted by Gasteiger charge is -2.29. The van der Waals surface area contributed by atoms with Crippen LogP contribution in [-0.4, -0.2) is 176 Å². The molecule has 534 valence electrons. The average Bonchev–Trinajstić information content (AvgIpc) is 1.79. The maximum absolute atomic E-state index is 12.4. The molecule has 0 saturated carbocycles. The molecule has 0 radical (unpaired) electrons. The van der Waals surface area contributed by atoms with Crippen molar-refractivity contribution in [2.24, 2.45) is 0 Å². The summed E-state index contributed by atoms with van der Waals surface area (Å²) < 4.78 is 31.8. The number of ether oxygens (including phenoxy) is 5. The zero-order chi connectivity index (χ0) is 65.9. The number of nitrogens with zero attached hydrogens (tertiary/aromatic N) is 15. The molecule has 0 spiro atoms. The molecule has 3 aliphatic rings. The fraction of sp³-hybridized carbons (Fsp3) is 0.362. The number of carbonyl (C=O) groups excluding carboxylic acids is 2.